The number of hydrogen-bond acceptors (Lipinski definition) is 3. The van der Waals surface area contributed by atoms with Gasteiger partial charge in [0.05, 0.1) is 16.0 Å². The summed E-state index contributed by atoms with van der Waals surface area (Å²) in [6.45, 7) is 5.80. The molecule has 21 heavy (non-hydrogen) atoms. The van der Waals surface area contributed by atoms with Gasteiger partial charge in [-0.3, -0.25) is 4.79 Å². The van der Waals surface area contributed by atoms with E-state index in [1.807, 2.05) is 26.8 Å². The molecule has 1 heterocycles. The summed E-state index contributed by atoms with van der Waals surface area (Å²) in [5, 5.41) is 9.61. The highest BCUT2D eigenvalue weighted by molar-refractivity contribution is 8.00. The molecule has 4 nitrogen and oxygen atoms in total. The highest BCUT2D eigenvalue weighted by Gasteiger charge is 2.43. The molecule has 1 aliphatic rings. The number of carboxylic acid groups (broad SMARTS) is 1. The van der Waals surface area contributed by atoms with Gasteiger partial charge < -0.3 is 10.0 Å². The van der Waals surface area contributed by atoms with Crippen LogP contribution in [0.25, 0.3) is 0 Å². The lowest BCUT2D eigenvalue weighted by molar-refractivity contribution is -0.141. The molecule has 0 spiro atoms. The largest absolute Gasteiger partial charge is 0.480 e. The maximum Gasteiger partial charge on any atom is 0.327 e. The second-order valence-electron chi connectivity index (χ2n) is 5.47. The predicted octanol–water partition coefficient (Wildman–Crippen LogP) is 3.27. The summed E-state index contributed by atoms with van der Waals surface area (Å²) >= 11 is 7.73. The van der Waals surface area contributed by atoms with Crippen molar-refractivity contribution >= 4 is 35.2 Å². The Morgan fingerprint density at radius 2 is 2.10 bits per heavy atom. The van der Waals surface area contributed by atoms with Gasteiger partial charge in [0.25, 0.3) is 5.91 Å². The SMILES string of the molecule is Cc1cccc(C(=O)N2C(C(=O)O)CSC2C(C)C)c1Cl. The van der Waals surface area contributed by atoms with Gasteiger partial charge in [-0.2, -0.15) is 0 Å². The fourth-order valence-electron chi connectivity index (χ4n) is 2.44. The number of hydrogen-bond donors (Lipinski definition) is 1. The monoisotopic (exact) mass is 327 g/mol. The molecule has 0 bridgehead atoms. The normalized spacial score (nSPS) is 21.9. The summed E-state index contributed by atoms with van der Waals surface area (Å²) in [6, 6.07) is 4.44. The number of nitrogens with zero attached hydrogens (tertiary/aromatic N) is 1. The summed E-state index contributed by atoms with van der Waals surface area (Å²) in [6.07, 6.45) is 0. The Hall–Kier alpha value is -1.20. The fourth-order valence-corrected chi connectivity index (χ4v) is 4.12. The van der Waals surface area contributed by atoms with Crippen LogP contribution in [0, 0.1) is 12.8 Å². The number of aliphatic carboxylic acids is 1. The molecule has 0 radical (unpaired) electrons. The zero-order valence-electron chi connectivity index (χ0n) is 12.2. The first-order valence-electron chi connectivity index (χ1n) is 6.76. The molecule has 1 aromatic carbocycles. The van der Waals surface area contributed by atoms with Crippen LogP contribution < -0.4 is 0 Å². The number of rotatable bonds is 3. The number of carboxylic acids is 1. The van der Waals surface area contributed by atoms with Crippen molar-refractivity contribution in [3.63, 3.8) is 0 Å². The first kappa shape index (κ1) is 16.2. The standard InChI is InChI=1S/C15H18ClNO3S/c1-8(2)14-17(11(7-21-14)15(19)20)13(18)10-6-4-5-9(3)12(10)16/h4-6,8,11,14H,7H2,1-3H3,(H,19,20). The lowest BCUT2D eigenvalue weighted by Crippen LogP contribution is -2.47. The van der Waals surface area contributed by atoms with Gasteiger partial charge in [-0.05, 0) is 24.5 Å². The second kappa shape index (κ2) is 6.28. The van der Waals surface area contributed by atoms with Crippen molar-refractivity contribution in [3.05, 3.63) is 34.3 Å². The van der Waals surface area contributed by atoms with Crippen molar-refractivity contribution < 1.29 is 14.7 Å². The Balaban J connectivity index is 2.42. The van der Waals surface area contributed by atoms with Crippen molar-refractivity contribution in [2.24, 2.45) is 5.92 Å². The predicted molar refractivity (Wildman–Crippen MR) is 84.9 cm³/mol. The van der Waals surface area contributed by atoms with Gasteiger partial charge in [-0.15, -0.1) is 11.8 Å². The fraction of sp³-hybridized carbons (Fsp3) is 0.467. The van der Waals surface area contributed by atoms with E-state index in [0.29, 0.717) is 16.3 Å². The van der Waals surface area contributed by atoms with E-state index in [1.54, 1.807) is 12.1 Å². The second-order valence-corrected chi connectivity index (χ2v) is 7.00. The van der Waals surface area contributed by atoms with E-state index in [9.17, 15) is 14.7 Å². The van der Waals surface area contributed by atoms with Gasteiger partial charge in [-0.25, -0.2) is 4.79 Å². The molecule has 1 fully saturated rings. The van der Waals surface area contributed by atoms with Crippen molar-refractivity contribution in [2.45, 2.75) is 32.2 Å². The van der Waals surface area contributed by atoms with E-state index in [0.717, 1.165) is 5.56 Å². The molecule has 1 amide bonds. The minimum Gasteiger partial charge on any atom is -0.480 e. The average molecular weight is 328 g/mol. The minimum absolute atomic E-state index is 0.143. The summed E-state index contributed by atoms with van der Waals surface area (Å²) in [5.74, 6) is -0.692. The highest BCUT2D eigenvalue weighted by atomic mass is 35.5. The third-order valence-corrected chi connectivity index (χ3v) is 5.67. The van der Waals surface area contributed by atoms with Crippen LogP contribution in [0.3, 0.4) is 0 Å². The number of benzene rings is 1. The van der Waals surface area contributed by atoms with Crippen LogP contribution in [0.4, 0.5) is 0 Å². The van der Waals surface area contributed by atoms with Crippen LogP contribution in [0.5, 0.6) is 0 Å². The average Bonchev–Trinajstić information content (AvgIpc) is 2.86. The Kier molecular flexibility index (Phi) is 4.84. The highest BCUT2D eigenvalue weighted by Crippen LogP contribution is 2.36. The van der Waals surface area contributed by atoms with Crippen molar-refractivity contribution in [2.75, 3.05) is 5.75 Å². The van der Waals surface area contributed by atoms with Crippen LogP contribution in [0.1, 0.15) is 29.8 Å². The Bertz CT molecular complexity index is 576. The minimum atomic E-state index is -0.970. The van der Waals surface area contributed by atoms with E-state index in [4.69, 9.17) is 11.6 Å². The molecular formula is C15H18ClNO3S. The maximum atomic E-state index is 12.8. The first-order valence-corrected chi connectivity index (χ1v) is 8.19. The van der Waals surface area contributed by atoms with Crippen LogP contribution in [-0.2, 0) is 4.79 Å². The van der Waals surface area contributed by atoms with Crippen molar-refractivity contribution in [1.82, 2.24) is 4.90 Å². The van der Waals surface area contributed by atoms with Gasteiger partial charge in [0.2, 0.25) is 0 Å². The molecule has 1 N–H and O–H groups in total. The molecule has 0 aliphatic carbocycles. The van der Waals surface area contributed by atoms with E-state index in [1.165, 1.54) is 16.7 Å². The summed E-state index contributed by atoms with van der Waals surface area (Å²) in [7, 11) is 0. The van der Waals surface area contributed by atoms with Gasteiger partial charge in [0, 0.05) is 5.75 Å². The number of carbonyl (C=O) groups is 2. The van der Waals surface area contributed by atoms with Crippen LogP contribution >= 0.6 is 23.4 Å². The summed E-state index contributed by atoms with van der Waals surface area (Å²) in [5.41, 5.74) is 1.18. The van der Waals surface area contributed by atoms with Crippen LogP contribution in [0.2, 0.25) is 5.02 Å². The number of aryl methyl sites for hydroxylation is 1. The number of halogens is 1. The molecular weight excluding hydrogens is 310 g/mol. The van der Waals surface area contributed by atoms with E-state index in [2.05, 4.69) is 0 Å². The van der Waals surface area contributed by atoms with Crippen molar-refractivity contribution in [3.8, 4) is 0 Å². The van der Waals surface area contributed by atoms with E-state index >= 15 is 0 Å². The zero-order chi connectivity index (χ0) is 15.7. The number of amides is 1. The zero-order valence-corrected chi connectivity index (χ0v) is 13.7. The quantitative estimate of drug-likeness (QED) is 0.925. The molecule has 2 rings (SSSR count). The van der Waals surface area contributed by atoms with Gasteiger partial charge >= 0.3 is 5.97 Å². The topological polar surface area (TPSA) is 57.6 Å². The first-order chi connectivity index (χ1) is 9.84. The Morgan fingerprint density at radius 1 is 1.43 bits per heavy atom. The smallest absolute Gasteiger partial charge is 0.327 e. The van der Waals surface area contributed by atoms with E-state index in [-0.39, 0.29) is 17.2 Å². The molecule has 0 aromatic heterocycles. The van der Waals surface area contributed by atoms with Gasteiger partial charge in [0.1, 0.15) is 6.04 Å². The molecule has 1 aromatic rings. The maximum absolute atomic E-state index is 12.8. The van der Waals surface area contributed by atoms with Crippen LogP contribution in [0.15, 0.2) is 18.2 Å². The lowest BCUT2D eigenvalue weighted by atomic mass is 10.1. The molecule has 0 saturated carbocycles. The van der Waals surface area contributed by atoms with Crippen LogP contribution in [-0.4, -0.2) is 39.1 Å². The number of carbonyl (C=O) groups excluding carboxylic acids is 1. The van der Waals surface area contributed by atoms with Gasteiger partial charge in [-0.1, -0.05) is 37.6 Å². The summed E-state index contributed by atoms with van der Waals surface area (Å²) in [4.78, 5) is 25.7. The molecule has 6 heteroatoms. The summed E-state index contributed by atoms with van der Waals surface area (Å²) < 4.78 is 0. The third-order valence-electron chi connectivity index (χ3n) is 3.55. The molecule has 114 valence electrons. The van der Waals surface area contributed by atoms with Gasteiger partial charge in [0.15, 0.2) is 0 Å². The number of thioether (sulfide) groups is 1. The van der Waals surface area contributed by atoms with Crippen molar-refractivity contribution in [1.29, 1.82) is 0 Å². The molecule has 1 aliphatic heterocycles. The third kappa shape index (κ3) is 3.04. The Labute approximate surface area is 133 Å². The van der Waals surface area contributed by atoms with E-state index < -0.39 is 12.0 Å². The molecule has 1 saturated heterocycles. The lowest BCUT2D eigenvalue weighted by Gasteiger charge is -2.30. The molecule has 2 atom stereocenters. The Morgan fingerprint density at radius 3 is 2.67 bits per heavy atom. The molecule has 2 unspecified atom stereocenters.